The molecule has 0 heterocycles. The Bertz CT molecular complexity index is 885. The summed E-state index contributed by atoms with van der Waals surface area (Å²) in [6, 6.07) is 11.9. The summed E-state index contributed by atoms with van der Waals surface area (Å²) in [6.07, 6.45) is 11.0. The molecule has 2 unspecified atom stereocenters. The van der Waals surface area contributed by atoms with E-state index in [2.05, 4.69) is 39.8 Å². The molecule has 1 fully saturated rings. The predicted molar refractivity (Wildman–Crippen MR) is 139 cm³/mol. The van der Waals surface area contributed by atoms with Gasteiger partial charge in [-0.25, -0.2) is 0 Å². The van der Waals surface area contributed by atoms with Crippen molar-refractivity contribution in [2.24, 2.45) is 21.8 Å². The second kappa shape index (κ2) is 12.0. The third kappa shape index (κ3) is 7.73. The van der Waals surface area contributed by atoms with Crippen LogP contribution in [-0.4, -0.2) is 34.7 Å². The fourth-order valence-corrected chi connectivity index (χ4v) is 4.26. The molecule has 0 aromatic heterocycles. The molecular formula is C29H40N2O2. The van der Waals surface area contributed by atoms with Gasteiger partial charge in [0, 0.05) is 23.6 Å². The molecular weight excluding hydrogens is 408 g/mol. The topological polar surface area (TPSA) is 65.2 Å². The molecule has 3 rings (SSSR count). The van der Waals surface area contributed by atoms with Gasteiger partial charge in [0.1, 0.15) is 11.5 Å². The molecule has 0 amide bonds. The molecule has 1 saturated carbocycles. The van der Waals surface area contributed by atoms with Gasteiger partial charge in [0.05, 0.1) is 12.1 Å². The van der Waals surface area contributed by atoms with E-state index >= 15 is 0 Å². The molecule has 0 radical (unpaired) electrons. The third-order valence-corrected chi connectivity index (χ3v) is 6.46. The van der Waals surface area contributed by atoms with Crippen molar-refractivity contribution in [2.45, 2.75) is 84.7 Å². The lowest BCUT2D eigenvalue weighted by Gasteiger charge is -2.12. The van der Waals surface area contributed by atoms with Gasteiger partial charge >= 0.3 is 0 Å². The molecule has 0 aliphatic heterocycles. The molecule has 2 aromatic carbocycles. The van der Waals surface area contributed by atoms with E-state index in [1.807, 2.05) is 24.6 Å². The number of benzene rings is 2. The fourth-order valence-electron chi connectivity index (χ4n) is 4.26. The van der Waals surface area contributed by atoms with Crippen LogP contribution >= 0.6 is 0 Å². The molecule has 0 spiro atoms. The maximum Gasteiger partial charge on any atom is 0.124 e. The van der Waals surface area contributed by atoms with E-state index in [-0.39, 0.29) is 23.6 Å². The van der Waals surface area contributed by atoms with Crippen molar-refractivity contribution in [3.63, 3.8) is 0 Å². The standard InChI is InChI=1S/C29H40N2O2/c1-20(2)8-10-22-12-14-28(32)24(16-22)18-30-26-6-5-7-27(26)31-19-25-17-23(11-9-21(3)4)13-15-29(25)33/h12-21,26-27,32-33H,5-11H2,1-4H3. The lowest BCUT2D eigenvalue weighted by atomic mass is 10.0. The van der Waals surface area contributed by atoms with Crippen molar-refractivity contribution < 1.29 is 10.2 Å². The minimum atomic E-state index is 0.103. The summed E-state index contributed by atoms with van der Waals surface area (Å²) in [5, 5.41) is 20.6. The zero-order valence-electron chi connectivity index (χ0n) is 20.7. The largest absolute Gasteiger partial charge is 0.507 e. The van der Waals surface area contributed by atoms with Crippen LogP contribution in [0.1, 0.15) is 82.1 Å². The van der Waals surface area contributed by atoms with Gasteiger partial charge in [-0.15, -0.1) is 0 Å². The second-order valence-corrected chi connectivity index (χ2v) is 10.3. The number of hydrogen-bond acceptors (Lipinski definition) is 4. The van der Waals surface area contributed by atoms with Crippen molar-refractivity contribution in [2.75, 3.05) is 0 Å². The van der Waals surface area contributed by atoms with Crippen LogP contribution in [0.4, 0.5) is 0 Å². The smallest absolute Gasteiger partial charge is 0.124 e. The second-order valence-electron chi connectivity index (χ2n) is 10.3. The number of hydrogen-bond donors (Lipinski definition) is 2. The molecule has 178 valence electrons. The van der Waals surface area contributed by atoms with Crippen LogP contribution in [0.15, 0.2) is 46.4 Å². The first-order valence-electron chi connectivity index (χ1n) is 12.5. The van der Waals surface area contributed by atoms with Crippen molar-refractivity contribution in [1.29, 1.82) is 0 Å². The highest BCUT2D eigenvalue weighted by molar-refractivity contribution is 5.84. The van der Waals surface area contributed by atoms with E-state index < -0.39 is 0 Å². The van der Waals surface area contributed by atoms with Crippen LogP contribution in [0.25, 0.3) is 0 Å². The minimum absolute atomic E-state index is 0.103. The van der Waals surface area contributed by atoms with Crippen LogP contribution in [-0.2, 0) is 12.8 Å². The molecule has 1 aliphatic carbocycles. The number of phenols is 2. The Hall–Kier alpha value is -2.62. The summed E-state index contributed by atoms with van der Waals surface area (Å²) in [5.74, 6) is 1.85. The molecule has 0 saturated heterocycles. The van der Waals surface area contributed by atoms with E-state index in [0.717, 1.165) is 56.1 Å². The maximum absolute atomic E-state index is 10.3. The molecule has 0 bridgehead atoms. The van der Waals surface area contributed by atoms with Crippen molar-refractivity contribution in [3.8, 4) is 11.5 Å². The predicted octanol–water partition coefficient (Wildman–Crippen LogP) is 6.73. The van der Waals surface area contributed by atoms with Crippen molar-refractivity contribution in [3.05, 3.63) is 58.7 Å². The number of nitrogens with zero attached hydrogens (tertiary/aromatic N) is 2. The average Bonchev–Trinajstić information content (AvgIpc) is 3.23. The number of phenolic OH excluding ortho intramolecular Hbond substituents is 2. The monoisotopic (exact) mass is 448 g/mol. The zero-order chi connectivity index (χ0) is 23.8. The first kappa shape index (κ1) is 25.0. The molecule has 33 heavy (non-hydrogen) atoms. The number of aliphatic imine (C=N–C) groups is 2. The van der Waals surface area contributed by atoms with Gasteiger partial charge in [0.2, 0.25) is 0 Å². The Morgan fingerprint density at radius 2 is 1.18 bits per heavy atom. The molecule has 1 aliphatic rings. The lowest BCUT2D eigenvalue weighted by molar-refractivity contribution is 0.473. The van der Waals surface area contributed by atoms with Gasteiger partial charge in [0.15, 0.2) is 0 Å². The number of aromatic hydroxyl groups is 2. The van der Waals surface area contributed by atoms with Gasteiger partial charge < -0.3 is 10.2 Å². The van der Waals surface area contributed by atoms with E-state index in [1.165, 1.54) is 11.1 Å². The average molecular weight is 449 g/mol. The van der Waals surface area contributed by atoms with E-state index in [4.69, 9.17) is 9.98 Å². The van der Waals surface area contributed by atoms with Gasteiger partial charge in [-0.1, -0.05) is 39.8 Å². The fraction of sp³-hybridized carbons (Fsp3) is 0.517. The summed E-state index contributed by atoms with van der Waals surface area (Å²) in [6.45, 7) is 8.91. The number of aryl methyl sites for hydroxylation is 2. The summed E-state index contributed by atoms with van der Waals surface area (Å²) >= 11 is 0. The van der Waals surface area contributed by atoms with E-state index in [0.29, 0.717) is 11.8 Å². The molecule has 2 aromatic rings. The lowest BCUT2D eigenvalue weighted by Crippen LogP contribution is -2.16. The van der Waals surface area contributed by atoms with E-state index in [9.17, 15) is 10.2 Å². The highest BCUT2D eigenvalue weighted by Gasteiger charge is 2.25. The zero-order valence-corrected chi connectivity index (χ0v) is 20.7. The highest BCUT2D eigenvalue weighted by atomic mass is 16.3. The summed E-state index contributed by atoms with van der Waals surface area (Å²) in [7, 11) is 0. The first-order chi connectivity index (χ1) is 15.8. The van der Waals surface area contributed by atoms with E-state index in [1.54, 1.807) is 12.1 Å². The van der Waals surface area contributed by atoms with Gasteiger partial charge in [-0.2, -0.15) is 0 Å². The molecule has 2 N–H and O–H groups in total. The highest BCUT2D eigenvalue weighted by Crippen LogP contribution is 2.27. The van der Waals surface area contributed by atoms with Crippen molar-refractivity contribution in [1.82, 2.24) is 0 Å². The Morgan fingerprint density at radius 1 is 0.758 bits per heavy atom. The molecule has 2 atom stereocenters. The Kier molecular flexibility index (Phi) is 9.11. The van der Waals surface area contributed by atoms with Crippen LogP contribution in [0, 0.1) is 11.8 Å². The van der Waals surface area contributed by atoms with Crippen LogP contribution in [0.2, 0.25) is 0 Å². The number of rotatable bonds is 10. The van der Waals surface area contributed by atoms with Gasteiger partial charge in [-0.3, -0.25) is 9.98 Å². The first-order valence-corrected chi connectivity index (χ1v) is 12.5. The summed E-state index contributed by atoms with van der Waals surface area (Å²) < 4.78 is 0. The Balaban J connectivity index is 1.68. The van der Waals surface area contributed by atoms with Gasteiger partial charge in [-0.05, 0) is 92.2 Å². The van der Waals surface area contributed by atoms with Crippen LogP contribution in [0.5, 0.6) is 11.5 Å². The summed E-state index contributed by atoms with van der Waals surface area (Å²) in [5.41, 5.74) is 4.02. The third-order valence-electron chi connectivity index (χ3n) is 6.46. The van der Waals surface area contributed by atoms with Crippen molar-refractivity contribution >= 4 is 12.4 Å². The van der Waals surface area contributed by atoms with Gasteiger partial charge in [0.25, 0.3) is 0 Å². The van der Waals surface area contributed by atoms with Crippen LogP contribution in [0.3, 0.4) is 0 Å². The molecule has 4 nitrogen and oxygen atoms in total. The SMILES string of the molecule is CC(C)CCc1ccc(O)c(C=NC2CCCC2N=Cc2cc(CCC(C)C)ccc2O)c1. The quantitative estimate of drug-likeness (QED) is 0.396. The Labute approximate surface area is 199 Å². The maximum atomic E-state index is 10.3. The molecule has 4 heteroatoms. The Morgan fingerprint density at radius 3 is 1.58 bits per heavy atom. The van der Waals surface area contributed by atoms with Crippen LogP contribution < -0.4 is 0 Å². The summed E-state index contributed by atoms with van der Waals surface area (Å²) in [4.78, 5) is 9.62. The normalized spacial score (nSPS) is 19.0. The minimum Gasteiger partial charge on any atom is -0.507 e.